The van der Waals surface area contributed by atoms with Crippen LogP contribution in [0.25, 0.3) is 11.6 Å². The molecule has 3 N–H and O–H groups in total. The molecule has 5 aromatic rings. The molecule has 11 heteroatoms. The molecule has 0 bridgehead atoms. The first-order chi connectivity index (χ1) is 21.2. The van der Waals surface area contributed by atoms with Crippen molar-refractivity contribution in [3.05, 3.63) is 146 Å². The number of rotatable bonds is 7. The number of nitrogens with zero attached hydrogens (tertiary/aromatic N) is 1. The molecular weight excluding hydrogens is 586 g/mol. The summed E-state index contributed by atoms with van der Waals surface area (Å²) in [5.74, 6) is -3.41. The van der Waals surface area contributed by atoms with Gasteiger partial charge in [-0.05, 0) is 83.7 Å². The predicted molar refractivity (Wildman–Crippen MR) is 166 cm³/mol. The van der Waals surface area contributed by atoms with Gasteiger partial charge in [0.2, 0.25) is 0 Å². The van der Waals surface area contributed by atoms with Gasteiger partial charge in [0.05, 0.1) is 12.1 Å². The van der Waals surface area contributed by atoms with Crippen LogP contribution in [0.1, 0.15) is 36.7 Å². The first-order valence-corrected chi connectivity index (χ1v) is 14.2. The van der Waals surface area contributed by atoms with Gasteiger partial charge in [0.1, 0.15) is 5.56 Å². The molecule has 0 saturated carbocycles. The highest BCUT2D eigenvalue weighted by atomic mass is 32.1. The summed E-state index contributed by atoms with van der Waals surface area (Å²) >= 11 is 1.51. The Balaban J connectivity index is 1.16. The lowest BCUT2D eigenvalue weighted by Gasteiger charge is -2.11. The van der Waals surface area contributed by atoms with E-state index in [9.17, 15) is 28.0 Å². The summed E-state index contributed by atoms with van der Waals surface area (Å²) in [4.78, 5) is 52.6. The van der Waals surface area contributed by atoms with E-state index in [2.05, 4.69) is 16.0 Å². The summed E-state index contributed by atoms with van der Waals surface area (Å²) in [6.45, 7) is -0.0644. The van der Waals surface area contributed by atoms with Crippen molar-refractivity contribution >= 4 is 57.8 Å². The van der Waals surface area contributed by atoms with Crippen LogP contribution < -0.4 is 21.5 Å². The molecule has 44 heavy (non-hydrogen) atoms. The number of carbonyl (C=O) groups is 3. The highest BCUT2D eigenvalue weighted by Crippen LogP contribution is 2.35. The maximum atomic E-state index is 13.6. The zero-order chi connectivity index (χ0) is 30.8. The van der Waals surface area contributed by atoms with Gasteiger partial charge >= 0.3 is 0 Å². The van der Waals surface area contributed by atoms with Crippen LogP contribution in [0.3, 0.4) is 0 Å². The number of benzene rings is 3. The van der Waals surface area contributed by atoms with Crippen LogP contribution in [0.5, 0.6) is 0 Å². The van der Waals surface area contributed by atoms with Crippen molar-refractivity contribution in [3.63, 3.8) is 0 Å². The van der Waals surface area contributed by atoms with Gasteiger partial charge in [-0.15, -0.1) is 11.3 Å². The highest BCUT2D eigenvalue weighted by Gasteiger charge is 2.25. The average molecular weight is 609 g/mol. The largest absolute Gasteiger partial charge is 0.322 e. The quantitative estimate of drug-likeness (QED) is 0.190. The fourth-order valence-electron chi connectivity index (χ4n) is 4.73. The fourth-order valence-corrected chi connectivity index (χ4v) is 5.39. The third-order valence-electron chi connectivity index (χ3n) is 6.87. The number of fused-ring (bicyclic) bond motifs is 1. The van der Waals surface area contributed by atoms with Crippen LogP contribution in [0.2, 0.25) is 0 Å². The van der Waals surface area contributed by atoms with E-state index in [1.165, 1.54) is 46.4 Å². The Morgan fingerprint density at radius 3 is 2.45 bits per heavy atom. The number of nitrogens with one attached hydrogen (secondary N) is 3. The van der Waals surface area contributed by atoms with Gasteiger partial charge in [-0.3, -0.25) is 19.2 Å². The number of carbonyl (C=O) groups excluding carboxylic acids is 3. The normalized spacial score (nSPS) is 13.0. The lowest BCUT2D eigenvalue weighted by Crippen LogP contribution is -2.29. The van der Waals surface area contributed by atoms with Gasteiger partial charge < -0.3 is 20.5 Å². The number of thiophene rings is 1. The number of pyridine rings is 1. The lowest BCUT2D eigenvalue weighted by atomic mass is 10.1. The van der Waals surface area contributed by atoms with Gasteiger partial charge in [0.25, 0.3) is 23.3 Å². The van der Waals surface area contributed by atoms with Crippen molar-refractivity contribution in [2.24, 2.45) is 0 Å². The maximum Gasteiger partial charge on any atom is 0.263 e. The van der Waals surface area contributed by atoms with Gasteiger partial charge in [-0.1, -0.05) is 18.2 Å². The Bertz CT molecular complexity index is 2040. The Kier molecular flexibility index (Phi) is 7.69. The fraction of sp³-hybridized carbons (Fsp3) is 0.0303. The van der Waals surface area contributed by atoms with E-state index in [0.717, 1.165) is 17.0 Å². The molecule has 6 rings (SSSR count). The summed E-state index contributed by atoms with van der Waals surface area (Å²) in [5, 5.41) is 10.2. The molecule has 2 aromatic heterocycles. The van der Waals surface area contributed by atoms with Crippen LogP contribution in [-0.4, -0.2) is 22.3 Å². The monoisotopic (exact) mass is 608 g/mol. The van der Waals surface area contributed by atoms with Gasteiger partial charge in [0, 0.05) is 39.3 Å². The van der Waals surface area contributed by atoms with Crippen LogP contribution in [0.4, 0.5) is 25.8 Å². The molecule has 218 valence electrons. The first kappa shape index (κ1) is 28.4. The van der Waals surface area contributed by atoms with E-state index in [-0.39, 0.29) is 29.3 Å². The van der Waals surface area contributed by atoms with Crippen LogP contribution in [0.15, 0.2) is 101 Å². The minimum atomic E-state index is -1.03. The van der Waals surface area contributed by atoms with Crippen molar-refractivity contribution in [3.8, 4) is 0 Å². The van der Waals surface area contributed by atoms with E-state index in [0.29, 0.717) is 28.1 Å². The summed E-state index contributed by atoms with van der Waals surface area (Å²) < 4.78 is 28.1. The average Bonchev–Trinajstić information content (AvgIpc) is 3.64. The minimum Gasteiger partial charge on any atom is -0.322 e. The second-order valence-corrected chi connectivity index (χ2v) is 10.9. The van der Waals surface area contributed by atoms with Gasteiger partial charge in [0.15, 0.2) is 11.6 Å². The molecule has 0 aliphatic carbocycles. The number of aromatic nitrogens is 1. The highest BCUT2D eigenvalue weighted by molar-refractivity contribution is 7.11. The molecule has 3 amide bonds. The molecule has 0 spiro atoms. The lowest BCUT2D eigenvalue weighted by molar-refractivity contribution is -0.110. The molecule has 0 radical (unpaired) electrons. The predicted octanol–water partition coefficient (Wildman–Crippen LogP) is 6.23. The van der Waals surface area contributed by atoms with E-state index in [4.69, 9.17) is 0 Å². The number of anilines is 3. The third-order valence-corrected chi connectivity index (χ3v) is 7.69. The molecule has 8 nitrogen and oxygen atoms in total. The molecule has 0 saturated heterocycles. The Morgan fingerprint density at radius 2 is 1.66 bits per heavy atom. The van der Waals surface area contributed by atoms with Gasteiger partial charge in [-0.2, -0.15) is 0 Å². The van der Waals surface area contributed by atoms with Crippen LogP contribution in [-0.2, 0) is 11.3 Å². The molecule has 3 aromatic carbocycles. The standard InChI is InChI=1S/C33H22F2N4O4S/c34-27-10-8-19(14-28(27)35)18-39-12-2-7-24(33(39)43)31(41)37-21-5-1-4-20(15-21)30(40)36-22-9-11-29-25(16-22)26(32(42)38-29)17-23-6-3-13-44-23/h1-17H,18H2,(H,36,40)(H,37,41)(H,38,42)/b26-17-. The molecule has 1 aliphatic rings. The first-order valence-electron chi connectivity index (χ1n) is 13.3. The van der Waals surface area contributed by atoms with E-state index >= 15 is 0 Å². The molecule has 0 atom stereocenters. The second kappa shape index (κ2) is 11.9. The SMILES string of the molecule is O=C1Nc2ccc(NC(=O)c3cccc(NC(=O)c4cccn(Cc5ccc(F)c(F)c5)c4=O)c3)cc2/C1=C/c1cccs1. The number of halogens is 2. The molecule has 0 unspecified atom stereocenters. The summed E-state index contributed by atoms with van der Waals surface area (Å²) in [7, 11) is 0. The van der Waals surface area contributed by atoms with Crippen molar-refractivity contribution < 1.29 is 23.2 Å². The Labute approximate surface area is 253 Å². The maximum absolute atomic E-state index is 13.6. The van der Waals surface area contributed by atoms with Gasteiger partial charge in [-0.25, -0.2) is 8.78 Å². The molecule has 0 fully saturated rings. The smallest absolute Gasteiger partial charge is 0.263 e. The van der Waals surface area contributed by atoms with Crippen molar-refractivity contribution in [2.45, 2.75) is 6.54 Å². The zero-order valence-corrected chi connectivity index (χ0v) is 23.6. The number of amides is 3. The minimum absolute atomic E-state index is 0.0644. The van der Waals surface area contributed by atoms with E-state index in [1.54, 1.807) is 42.5 Å². The molecular formula is C33H22F2N4O4S. The summed E-state index contributed by atoms with van der Waals surface area (Å²) in [6.07, 6.45) is 3.24. The van der Waals surface area contributed by atoms with Crippen molar-refractivity contribution in [1.29, 1.82) is 0 Å². The summed E-state index contributed by atoms with van der Waals surface area (Å²) in [6, 6.07) is 21.3. The summed E-state index contributed by atoms with van der Waals surface area (Å²) in [5.41, 5.74) is 2.36. The topological polar surface area (TPSA) is 109 Å². The third kappa shape index (κ3) is 5.94. The van der Waals surface area contributed by atoms with Crippen molar-refractivity contribution in [2.75, 3.05) is 16.0 Å². The molecule has 3 heterocycles. The van der Waals surface area contributed by atoms with Crippen LogP contribution in [0, 0.1) is 11.6 Å². The van der Waals surface area contributed by atoms with E-state index < -0.39 is 29.0 Å². The Hall–Kier alpha value is -5.68. The van der Waals surface area contributed by atoms with E-state index in [1.807, 2.05) is 17.5 Å². The number of hydrogen-bond donors (Lipinski definition) is 3. The van der Waals surface area contributed by atoms with Crippen molar-refractivity contribution in [1.82, 2.24) is 4.57 Å². The second-order valence-electron chi connectivity index (χ2n) is 9.88. The van der Waals surface area contributed by atoms with Crippen LogP contribution >= 0.6 is 11.3 Å². The zero-order valence-electron chi connectivity index (χ0n) is 22.8. The molecule has 1 aliphatic heterocycles. The number of hydrogen-bond acceptors (Lipinski definition) is 5. The Morgan fingerprint density at radius 1 is 0.841 bits per heavy atom.